The Bertz CT molecular complexity index is 310. The van der Waals surface area contributed by atoms with E-state index in [1.807, 2.05) is 13.0 Å². The minimum Gasteiger partial charge on any atom is -0.357 e. The lowest BCUT2D eigenvalue weighted by Gasteiger charge is -2.23. The summed E-state index contributed by atoms with van der Waals surface area (Å²) in [4.78, 5) is 6.87. The summed E-state index contributed by atoms with van der Waals surface area (Å²) in [7, 11) is 0. The first-order valence-electron chi connectivity index (χ1n) is 5.64. The van der Waals surface area contributed by atoms with Gasteiger partial charge in [0.05, 0.1) is 0 Å². The van der Waals surface area contributed by atoms with E-state index in [9.17, 15) is 0 Å². The lowest BCUT2D eigenvalue weighted by atomic mass is 10.2. The van der Waals surface area contributed by atoms with Gasteiger partial charge in [-0.1, -0.05) is 13.0 Å². The van der Waals surface area contributed by atoms with Crippen LogP contribution in [0.25, 0.3) is 0 Å². The smallest absolute Gasteiger partial charge is 0.133 e. The molecule has 0 aliphatic heterocycles. The normalized spacial score (nSPS) is 10.4. The van der Waals surface area contributed by atoms with Crippen LogP contribution in [0.3, 0.4) is 0 Å². The van der Waals surface area contributed by atoms with Crippen LogP contribution in [0.4, 0.5) is 5.82 Å². The van der Waals surface area contributed by atoms with Crippen molar-refractivity contribution in [1.29, 1.82) is 0 Å². The largest absolute Gasteiger partial charge is 0.357 e. The van der Waals surface area contributed by atoms with Gasteiger partial charge in [-0.05, 0) is 26.3 Å². The third-order valence-corrected chi connectivity index (χ3v) is 2.49. The van der Waals surface area contributed by atoms with E-state index in [1.165, 1.54) is 0 Å². The van der Waals surface area contributed by atoms with Crippen LogP contribution in [0.2, 0.25) is 0 Å². The Labute approximate surface area is 92.3 Å². The van der Waals surface area contributed by atoms with Crippen LogP contribution in [0, 0.1) is 6.92 Å². The Morgan fingerprint density at radius 3 is 2.60 bits per heavy atom. The molecule has 0 saturated carbocycles. The monoisotopic (exact) mass is 207 g/mol. The maximum absolute atomic E-state index is 5.72. The van der Waals surface area contributed by atoms with Crippen LogP contribution >= 0.6 is 0 Å². The number of nitrogens with zero attached hydrogens (tertiary/aromatic N) is 2. The van der Waals surface area contributed by atoms with Crippen molar-refractivity contribution in [3.05, 3.63) is 23.4 Å². The molecule has 1 rings (SSSR count). The fourth-order valence-corrected chi connectivity index (χ4v) is 1.69. The molecule has 3 heteroatoms. The van der Waals surface area contributed by atoms with Crippen molar-refractivity contribution in [2.75, 3.05) is 18.0 Å². The van der Waals surface area contributed by atoms with Crippen LogP contribution in [-0.2, 0) is 6.54 Å². The van der Waals surface area contributed by atoms with E-state index < -0.39 is 0 Å². The molecule has 84 valence electrons. The molecule has 2 N–H and O–H groups in total. The molecule has 1 heterocycles. The lowest BCUT2D eigenvalue weighted by Crippen LogP contribution is -2.26. The van der Waals surface area contributed by atoms with E-state index in [-0.39, 0.29) is 0 Å². The number of aromatic nitrogens is 1. The highest BCUT2D eigenvalue weighted by atomic mass is 15.2. The SMILES string of the molecule is CCCN(CC)c1nc(C)ccc1CN. The van der Waals surface area contributed by atoms with Crippen molar-refractivity contribution in [1.82, 2.24) is 4.98 Å². The Balaban J connectivity index is 3.02. The molecule has 0 radical (unpaired) electrons. The zero-order valence-corrected chi connectivity index (χ0v) is 9.95. The number of anilines is 1. The van der Waals surface area contributed by atoms with Gasteiger partial charge in [0.1, 0.15) is 5.82 Å². The van der Waals surface area contributed by atoms with Gasteiger partial charge in [-0.2, -0.15) is 0 Å². The Morgan fingerprint density at radius 2 is 2.07 bits per heavy atom. The predicted molar refractivity (Wildman–Crippen MR) is 65.0 cm³/mol. The first-order valence-corrected chi connectivity index (χ1v) is 5.64. The van der Waals surface area contributed by atoms with Gasteiger partial charge < -0.3 is 10.6 Å². The second kappa shape index (κ2) is 5.71. The highest BCUT2D eigenvalue weighted by Gasteiger charge is 2.09. The van der Waals surface area contributed by atoms with Crippen LogP contribution in [-0.4, -0.2) is 18.1 Å². The second-order valence-electron chi connectivity index (χ2n) is 3.72. The summed E-state index contributed by atoms with van der Waals surface area (Å²) in [5.41, 5.74) is 7.91. The van der Waals surface area contributed by atoms with Gasteiger partial charge >= 0.3 is 0 Å². The zero-order chi connectivity index (χ0) is 11.3. The van der Waals surface area contributed by atoms with E-state index >= 15 is 0 Å². The van der Waals surface area contributed by atoms with E-state index in [2.05, 4.69) is 29.8 Å². The van der Waals surface area contributed by atoms with Crippen molar-refractivity contribution in [3.63, 3.8) is 0 Å². The Hall–Kier alpha value is -1.09. The maximum Gasteiger partial charge on any atom is 0.133 e. The van der Waals surface area contributed by atoms with E-state index in [1.54, 1.807) is 0 Å². The summed E-state index contributed by atoms with van der Waals surface area (Å²) in [6.45, 7) is 8.93. The predicted octanol–water partition coefficient (Wildman–Crippen LogP) is 2.09. The first-order chi connectivity index (χ1) is 7.22. The molecule has 3 nitrogen and oxygen atoms in total. The minimum absolute atomic E-state index is 0.558. The molecular weight excluding hydrogens is 186 g/mol. The van der Waals surface area contributed by atoms with E-state index in [0.29, 0.717) is 6.54 Å². The fourth-order valence-electron chi connectivity index (χ4n) is 1.69. The Kier molecular flexibility index (Phi) is 4.56. The molecule has 0 aromatic carbocycles. The number of nitrogens with two attached hydrogens (primary N) is 1. The van der Waals surface area contributed by atoms with Gasteiger partial charge in [-0.3, -0.25) is 0 Å². The molecule has 1 aromatic heterocycles. The third-order valence-electron chi connectivity index (χ3n) is 2.49. The van der Waals surface area contributed by atoms with Crippen LogP contribution < -0.4 is 10.6 Å². The fraction of sp³-hybridized carbons (Fsp3) is 0.583. The zero-order valence-electron chi connectivity index (χ0n) is 9.95. The lowest BCUT2D eigenvalue weighted by molar-refractivity contribution is 0.768. The van der Waals surface area contributed by atoms with Crippen LogP contribution in [0.15, 0.2) is 12.1 Å². The van der Waals surface area contributed by atoms with Gasteiger partial charge in [-0.25, -0.2) is 4.98 Å². The summed E-state index contributed by atoms with van der Waals surface area (Å²) in [5.74, 6) is 1.06. The van der Waals surface area contributed by atoms with Crippen LogP contribution in [0.5, 0.6) is 0 Å². The molecule has 0 spiro atoms. The summed E-state index contributed by atoms with van der Waals surface area (Å²) in [5, 5.41) is 0. The second-order valence-corrected chi connectivity index (χ2v) is 3.72. The van der Waals surface area contributed by atoms with Crippen molar-refractivity contribution in [3.8, 4) is 0 Å². The van der Waals surface area contributed by atoms with E-state index in [4.69, 9.17) is 5.73 Å². The minimum atomic E-state index is 0.558. The topological polar surface area (TPSA) is 42.2 Å². The molecule has 1 aromatic rings. The maximum atomic E-state index is 5.72. The Morgan fingerprint density at radius 1 is 1.33 bits per heavy atom. The molecule has 0 aliphatic carbocycles. The number of rotatable bonds is 5. The number of aryl methyl sites for hydroxylation is 1. The number of hydrogen-bond donors (Lipinski definition) is 1. The summed E-state index contributed by atoms with van der Waals surface area (Å²) in [6, 6.07) is 4.10. The highest BCUT2D eigenvalue weighted by molar-refractivity contribution is 5.47. The van der Waals surface area contributed by atoms with Gasteiger partial charge in [0.2, 0.25) is 0 Å². The van der Waals surface area contributed by atoms with Gasteiger partial charge in [0.25, 0.3) is 0 Å². The molecule has 0 bridgehead atoms. The number of pyridine rings is 1. The van der Waals surface area contributed by atoms with E-state index in [0.717, 1.165) is 36.6 Å². The summed E-state index contributed by atoms with van der Waals surface area (Å²) >= 11 is 0. The van der Waals surface area contributed by atoms with Crippen molar-refractivity contribution >= 4 is 5.82 Å². The standard InChI is InChI=1S/C12H21N3/c1-4-8-15(5-2)12-11(9-13)7-6-10(3)14-12/h6-7H,4-5,8-9,13H2,1-3H3. The van der Waals surface area contributed by atoms with Gasteiger partial charge in [0, 0.05) is 30.9 Å². The summed E-state index contributed by atoms with van der Waals surface area (Å²) in [6.07, 6.45) is 1.13. The summed E-state index contributed by atoms with van der Waals surface area (Å²) < 4.78 is 0. The molecule has 0 aliphatic rings. The van der Waals surface area contributed by atoms with Gasteiger partial charge in [-0.15, -0.1) is 0 Å². The molecular formula is C12H21N3. The molecule has 0 fully saturated rings. The highest BCUT2D eigenvalue weighted by Crippen LogP contribution is 2.18. The van der Waals surface area contributed by atoms with Crippen LogP contribution in [0.1, 0.15) is 31.5 Å². The van der Waals surface area contributed by atoms with Crippen molar-refractivity contribution in [2.45, 2.75) is 33.7 Å². The van der Waals surface area contributed by atoms with Crippen molar-refractivity contribution in [2.24, 2.45) is 5.73 Å². The molecule has 0 amide bonds. The molecule has 0 saturated heterocycles. The first kappa shape index (κ1) is 12.0. The number of hydrogen-bond acceptors (Lipinski definition) is 3. The molecule has 15 heavy (non-hydrogen) atoms. The molecule has 0 unspecified atom stereocenters. The molecule has 0 atom stereocenters. The van der Waals surface area contributed by atoms with Crippen molar-refractivity contribution < 1.29 is 0 Å². The third kappa shape index (κ3) is 2.93. The average Bonchev–Trinajstić information content (AvgIpc) is 2.26. The quantitative estimate of drug-likeness (QED) is 0.804. The average molecular weight is 207 g/mol. The van der Waals surface area contributed by atoms with Gasteiger partial charge in [0.15, 0.2) is 0 Å².